The molecule has 2 aromatic rings. The summed E-state index contributed by atoms with van der Waals surface area (Å²) in [6.45, 7) is 0. The van der Waals surface area contributed by atoms with Crippen LogP contribution >= 0.6 is 0 Å². The fourth-order valence-electron chi connectivity index (χ4n) is 1.98. The Morgan fingerprint density at radius 2 is 1.27 bits per heavy atom. The van der Waals surface area contributed by atoms with Crippen LogP contribution in [-0.2, 0) is 10.1 Å². The number of hydrogen-bond donors (Lipinski definition) is 1. The van der Waals surface area contributed by atoms with Crippen molar-refractivity contribution in [1.29, 1.82) is 0 Å². The smallest absolute Gasteiger partial charge is 0.349 e. The van der Waals surface area contributed by atoms with Crippen molar-refractivity contribution in [3.8, 4) is 5.75 Å². The van der Waals surface area contributed by atoms with Gasteiger partial charge in [-0.2, -0.15) is 17.2 Å². The van der Waals surface area contributed by atoms with Gasteiger partial charge >= 0.3 is 16.1 Å². The molecule has 17 heteroatoms. The minimum Gasteiger partial charge on any atom is -0.416 e. The summed E-state index contributed by atoms with van der Waals surface area (Å²) in [5, 5.41) is 2.29. The second-order valence-corrected chi connectivity index (χ2v) is 6.31. The number of benzene rings is 2. The molecule has 2 rings (SSSR count). The average molecular weight is 463 g/mol. The molecule has 2 aromatic carbocycles. The molecule has 0 saturated heterocycles. The van der Waals surface area contributed by atoms with Crippen LogP contribution < -0.4 is 4.74 Å². The first-order chi connectivity index (χ1) is 13.8. The van der Waals surface area contributed by atoms with E-state index in [1.54, 1.807) is 0 Å². The first-order valence-corrected chi connectivity index (χ1v) is 8.16. The standard InChI is InChI=1S/C13HF8N3O5S/c14-2-1(3(15)5(17)10(4(2)16)23-24-22)13(25)29-11-6(18)8(20)12(30(26,27)28)9(21)7(11)19/h(H,26,27,28). The van der Waals surface area contributed by atoms with Crippen LogP contribution in [0, 0.1) is 46.5 Å². The largest absolute Gasteiger partial charge is 0.416 e. The van der Waals surface area contributed by atoms with Crippen molar-refractivity contribution >= 4 is 21.8 Å². The highest BCUT2D eigenvalue weighted by molar-refractivity contribution is 7.85. The zero-order chi connectivity index (χ0) is 23.1. The minimum atomic E-state index is -5.87. The van der Waals surface area contributed by atoms with Gasteiger partial charge in [0.25, 0.3) is 0 Å². The Bertz CT molecular complexity index is 1200. The molecule has 0 atom stereocenters. The monoisotopic (exact) mass is 463 g/mol. The Morgan fingerprint density at radius 3 is 1.63 bits per heavy atom. The molecule has 8 nitrogen and oxygen atoms in total. The van der Waals surface area contributed by atoms with Gasteiger partial charge in [0, 0.05) is 4.91 Å². The molecule has 0 unspecified atom stereocenters. The van der Waals surface area contributed by atoms with E-state index in [1.165, 1.54) is 0 Å². The van der Waals surface area contributed by atoms with E-state index in [4.69, 9.17) is 10.1 Å². The molecular formula is C13HF8N3O5S. The van der Waals surface area contributed by atoms with Crippen LogP contribution in [-0.4, -0.2) is 18.9 Å². The maximum absolute atomic E-state index is 13.8. The van der Waals surface area contributed by atoms with Crippen LogP contribution in [0.3, 0.4) is 0 Å². The molecule has 0 amide bonds. The fraction of sp³-hybridized carbons (Fsp3) is 0. The lowest BCUT2D eigenvalue weighted by Crippen LogP contribution is -2.19. The van der Waals surface area contributed by atoms with Crippen molar-refractivity contribution in [3.63, 3.8) is 0 Å². The molecule has 30 heavy (non-hydrogen) atoms. The Balaban J connectivity index is 2.70. The molecule has 0 spiro atoms. The van der Waals surface area contributed by atoms with Crippen molar-refractivity contribution in [2.24, 2.45) is 5.11 Å². The highest BCUT2D eigenvalue weighted by Crippen LogP contribution is 2.35. The molecule has 0 bridgehead atoms. The van der Waals surface area contributed by atoms with E-state index < -0.39 is 84.5 Å². The summed E-state index contributed by atoms with van der Waals surface area (Å²) in [6, 6.07) is 0. The summed E-state index contributed by atoms with van der Waals surface area (Å²) >= 11 is 0. The quantitative estimate of drug-likeness (QED) is 0.106. The summed E-state index contributed by atoms with van der Waals surface area (Å²) in [4.78, 5) is 11.1. The van der Waals surface area contributed by atoms with Crippen molar-refractivity contribution in [3.05, 3.63) is 62.5 Å². The zero-order valence-electron chi connectivity index (χ0n) is 13.4. The van der Waals surface area contributed by atoms with Gasteiger partial charge in [0.15, 0.2) is 39.8 Å². The fourth-order valence-corrected chi connectivity index (χ4v) is 2.62. The van der Waals surface area contributed by atoms with E-state index >= 15 is 0 Å². The van der Waals surface area contributed by atoms with E-state index in [-0.39, 0.29) is 0 Å². The number of carbonyl (C=O) groups is 1. The second kappa shape index (κ2) is 7.77. The maximum atomic E-state index is 13.8. The van der Waals surface area contributed by atoms with E-state index in [0.717, 1.165) is 0 Å². The normalized spacial score (nSPS) is 11.2. The first-order valence-electron chi connectivity index (χ1n) is 6.72. The van der Waals surface area contributed by atoms with E-state index in [1.807, 2.05) is 4.91 Å². The maximum Gasteiger partial charge on any atom is 0.349 e. The van der Waals surface area contributed by atoms with Crippen molar-refractivity contribution in [2.75, 3.05) is 0 Å². The molecular weight excluding hydrogens is 462 g/mol. The summed E-state index contributed by atoms with van der Waals surface area (Å²) in [7, 11) is -5.87. The summed E-state index contributed by atoms with van der Waals surface area (Å²) in [5.74, 6) is -26.2. The van der Waals surface area contributed by atoms with Gasteiger partial charge in [0.1, 0.15) is 11.3 Å². The number of rotatable bonds is 4. The molecule has 0 aliphatic carbocycles. The highest BCUT2D eigenvalue weighted by Gasteiger charge is 2.36. The topological polar surface area (TPSA) is 129 Å². The van der Waals surface area contributed by atoms with E-state index in [2.05, 4.69) is 9.85 Å². The molecule has 0 aliphatic rings. The molecule has 0 heterocycles. The van der Waals surface area contributed by atoms with Crippen LogP contribution in [0.4, 0.5) is 40.8 Å². The molecule has 0 aromatic heterocycles. The minimum absolute atomic E-state index is 1.86. The lowest BCUT2D eigenvalue weighted by Gasteiger charge is -2.12. The molecule has 1 N–H and O–H groups in total. The zero-order valence-corrected chi connectivity index (χ0v) is 14.2. The number of carbonyl (C=O) groups excluding carboxylic acids is 1. The van der Waals surface area contributed by atoms with Crippen LogP contribution in [0.2, 0.25) is 0 Å². The number of halogens is 8. The van der Waals surface area contributed by atoms with Gasteiger partial charge in [-0.05, 0) is 5.53 Å². The second-order valence-electron chi connectivity index (χ2n) is 4.95. The van der Waals surface area contributed by atoms with Crippen molar-refractivity contribution in [2.45, 2.75) is 4.90 Å². The lowest BCUT2D eigenvalue weighted by molar-refractivity contribution is 0.0703. The van der Waals surface area contributed by atoms with Gasteiger partial charge in [-0.1, -0.05) is 5.11 Å². The Hall–Kier alpha value is -3.43. The summed E-state index contributed by atoms with van der Waals surface area (Å²) in [6.07, 6.45) is 0. The van der Waals surface area contributed by atoms with Gasteiger partial charge in [-0.25, -0.2) is 31.1 Å². The van der Waals surface area contributed by atoms with E-state index in [0.29, 0.717) is 0 Å². The van der Waals surface area contributed by atoms with Gasteiger partial charge in [0.05, 0.1) is 0 Å². The van der Waals surface area contributed by atoms with Crippen molar-refractivity contribution in [1.82, 2.24) is 0 Å². The number of azide groups is 1. The van der Waals surface area contributed by atoms with Crippen LogP contribution in [0.15, 0.2) is 10.0 Å². The first kappa shape index (κ1) is 22.9. The SMILES string of the molecule is [N-]=[N+]=Nc1c(F)c(F)c(C(=O)Oc2c(F)c(F)c(S(=O)(=O)O)c(F)c2F)c(F)c1F. The number of esters is 1. The predicted molar refractivity (Wildman–Crippen MR) is 76.1 cm³/mol. The van der Waals surface area contributed by atoms with Crippen LogP contribution in [0.25, 0.3) is 10.4 Å². The molecule has 160 valence electrons. The number of hydrogen-bond acceptors (Lipinski definition) is 5. The van der Waals surface area contributed by atoms with E-state index in [9.17, 15) is 48.3 Å². The Labute approximate surface area is 158 Å². The van der Waals surface area contributed by atoms with Gasteiger partial charge in [-0.3, -0.25) is 4.55 Å². The Morgan fingerprint density at radius 1 is 0.833 bits per heavy atom. The number of ether oxygens (including phenoxy) is 1. The predicted octanol–water partition coefficient (Wildman–Crippen LogP) is 4.21. The van der Waals surface area contributed by atoms with Crippen LogP contribution in [0.1, 0.15) is 10.4 Å². The average Bonchev–Trinajstić information content (AvgIpc) is 2.64. The third kappa shape index (κ3) is 3.60. The number of nitrogens with zero attached hydrogens (tertiary/aromatic N) is 3. The van der Waals surface area contributed by atoms with Gasteiger partial charge in [-0.15, -0.1) is 0 Å². The summed E-state index contributed by atoms with van der Waals surface area (Å²) in [5.41, 5.74) is 3.93. The summed E-state index contributed by atoms with van der Waals surface area (Å²) < 4.78 is 144. The molecule has 0 saturated carbocycles. The Kier molecular flexibility index (Phi) is 5.92. The molecule has 0 fully saturated rings. The van der Waals surface area contributed by atoms with Crippen LogP contribution in [0.5, 0.6) is 5.75 Å². The molecule has 0 aliphatic heterocycles. The third-order valence-corrected chi connectivity index (χ3v) is 4.10. The van der Waals surface area contributed by atoms with Gasteiger partial charge < -0.3 is 4.74 Å². The lowest BCUT2D eigenvalue weighted by atomic mass is 10.1. The third-order valence-electron chi connectivity index (χ3n) is 3.22. The van der Waals surface area contributed by atoms with Crippen molar-refractivity contribution < 1.29 is 57.6 Å². The highest BCUT2D eigenvalue weighted by atomic mass is 32.2. The molecule has 0 radical (unpaired) electrons. The van der Waals surface area contributed by atoms with Gasteiger partial charge in [0.2, 0.25) is 17.4 Å².